The lowest BCUT2D eigenvalue weighted by molar-refractivity contribution is 0.373. The van der Waals surface area contributed by atoms with Crippen molar-refractivity contribution >= 4 is 15.9 Å². The van der Waals surface area contributed by atoms with Gasteiger partial charge in [0.15, 0.2) is 5.82 Å². The summed E-state index contributed by atoms with van der Waals surface area (Å²) in [4.78, 5) is 4.56. The molecule has 88 valence electrons. The molecule has 1 atom stereocenters. The lowest BCUT2D eigenvalue weighted by atomic mass is 10.1. The Hall–Kier alpha value is -1.20. The fraction of sp³-hybridized carbons (Fsp3) is 0.333. The van der Waals surface area contributed by atoms with Crippen molar-refractivity contribution in [1.29, 1.82) is 0 Å². The number of aryl methyl sites for hydroxylation is 1. The maximum absolute atomic E-state index is 6.02. The van der Waals surface area contributed by atoms with Crippen molar-refractivity contribution in [3.8, 4) is 11.4 Å². The predicted molar refractivity (Wildman–Crippen MR) is 69.3 cm³/mol. The van der Waals surface area contributed by atoms with Gasteiger partial charge in [0.2, 0.25) is 0 Å². The zero-order valence-electron chi connectivity index (χ0n) is 9.31. The van der Waals surface area contributed by atoms with Gasteiger partial charge >= 0.3 is 0 Å². The van der Waals surface area contributed by atoms with Crippen LogP contribution in [-0.2, 0) is 6.42 Å². The molecule has 1 aliphatic heterocycles. The van der Waals surface area contributed by atoms with Crippen molar-refractivity contribution in [2.24, 2.45) is 5.73 Å². The van der Waals surface area contributed by atoms with Crippen LogP contribution in [0.5, 0.6) is 0 Å². The van der Waals surface area contributed by atoms with E-state index in [2.05, 4.69) is 26.0 Å². The van der Waals surface area contributed by atoms with Gasteiger partial charge < -0.3 is 5.73 Å². The maximum Gasteiger partial charge on any atom is 0.181 e. The van der Waals surface area contributed by atoms with E-state index in [9.17, 15) is 0 Å². The lowest BCUT2D eigenvalue weighted by Gasteiger charge is -2.18. The summed E-state index contributed by atoms with van der Waals surface area (Å²) in [6.07, 6.45) is 3.02. The quantitative estimate of drug-likeness (QED) is 0.879. The number of halogens is 1. The molecule has 3 rings (SSSR count). The molecule has 2 aromatic rings. The summed E-state index contributed by atoms with van der Waals surface area (Å²) in [6, 6.07) is 8.01. The normalized spacial score (nSPS) is 19.1. The van der Waals surface area contributed by atoms with Crippen molar-refractivity contribution in [3.05, 3.63) is 34.6 Å². The molecule has 0 fully saturated rings. The molecule has 0 amide bonds. The van der Waals surface area contributed by atoms with E-state index < -0.39 is 0 Å². The molecule has 1 unspecified atom stereocenters. The van der Waals surface area contributed by atoms with E-state index in [1.165, 1.54) is 0 Å². The second kappa shape index (κ2) is 4.23. The summed E-state index contributed by atoms with van der Waals surface area (Å²) >= 11 is 3.46. The number of nitrogens with zero attached hydrogens (tertiary/aromatic N) is 3. The van der Waals surface area contributed by atoms with E-state index in [1.807, 2.05) is 28.9 Å². The first-order valence-corrected chi connectivity index (χ1v) is 6.50. The minimum Gasteiger partial charge on any atom is -0.310 e. The summed E-state index contributed by atoms with van der Waals surface area (Å²) < 4.78 is 2.90. The molecular formula is C12H13BrN4. The minimum absolute atomic E-state index is 0.0212. The van der Waals surface area contributed by atoms with Crippen LogP contribution >= 0.6 is 15.9 Å². The summed E-state index contributed by atoms with van der Waals surface area (Å²) in [5.74, 6) is 1.76. The van der Waals surface area contributed by atoms with Crippen molar-refractivity contribution in [1.82, 2.24) is 14.8 Å². The highest BCUT2D eigenvalue weighted by Crippen LogP contribution is 2.24. The first-order valence-electron chi connectivity index (χ1n) is 5.71. The van der Waals surface area contributed by atoms with E-state index in [1.54, 1.807) is 0 Å². The Morgan fingerprint density at radius 1 is 1.41 bits per heavy atom. The Morgan fingerprint density at radius 3 is 3.06 bits per heavy atom. The lowest BCUT2D eigenvalue weighted by Crippen LogP contribution is -2.25. The monoisotopic (exact) mass is 292 g/mol. The number of fused-ring (bicyclic) bond motifs is 1. The van der Waals surface area contributed by atoms with Crippen molar-refractivity contribution in [3.63, 3.8) is 0 Å². The summed E-state index contributed by atoms with van der Waals surface area (Å²) in [5.41, 5.74) is 7.04. The highest BCUT2D eigenvalue weighted by Gasteiger charge is 2.20. The van der Waals surface area contributed by atoms with Gasteiger partial charge in [0.25, 0.3) is 0 Å². The van der Waals surface area contributed by atoms with Crippen LogP contribution < -0.4 is 5.73 Å². The number of hydrogen-bond acceptors (Lipinski definition) is 3. The molecule has 4 nitrogen and oxygen atoms in total. The van der Waals surface area contributed by atoms with Gasteiger partial charge in [-0.15, -0.1) is 5.10 Å². The fourth-order valence-electron chi connectivity index (χ4n) is 2.13. The van der Waals surface area contributed by atoms with Gasteiger partial charge in [0, 0.05) is 16.5 Å². The first-order chi connectivity index (χ1) is 8.24. The molecule has 2 N–H and O–H groups in total. The highest BCUT2D eigenvalue weighted by atomic mass is 79.9. The molecule has 0 radical (unpaired) electrons. The average molecular weight is 293 g/mol. The number of nitrogens with two attached hydrogens (primary N) is 1. The van der Waals surface area contributed by atoms with E-state index in [4.69, 9.17) is 5.73 Å². The number of benzene rings is 1. The van der Waals surface area contributed by atoms with E-state index in [0.29, 0.717) is 0 Å². The molecule has 0 saturated heterocycles. The Balaban J connectivity index is 2.05. The van der Waals surface area contributed by atoms with Gasteiger partial charge in [-0.2, -0.15) is 0 Å². The molecular weight excluding hydrogens is 280 g/mol. The third-order valence-electron chi connectivity index (χ3n) is 3.00. The van der Waals surface area contributed by atoms with Crippen LogP contribution in [0.3, 0.4) is 0 Å². The largest absolute Gasteiger partial charge is 0.310 e. The van der Waals surface area contributed by atoms with Crippen LogP contribution in [-0.4, -0.2) is 14.8 Å². The molecule has 0 aliphatic carbocycles. The molecule has 0 bridgehead atoms. The summed E-state index contributed by atoms with van der Waals surface area (Å²) in [7, 11) is 0. The maximum atomic E-state index is 6.02. The Kier molecular flexibility index (Phi) is 2.72. The Bertz CT molecular complexity index is 549. The third-order valence-corrected chi connectivity index (χ3v) is 3.49. The molecule has 1 aliphatic rings. The molecule has 5 heteroatoms. The SMILES string of the molecule is NC1CCCc2nc(-c3cccc(Br)c3)nn21. The van der Waals surface area contributed by atoms with E-state index in [0.717, 1.165) is 40.9 Å². The van der Waals surface area contributed by atoms with Gasteiger partial charge in [-0.05, 0) is 25.0 Å². The van der Waals surface area contributed by atoms with E-state index >= 15 is 0 Å². The second-order valence-corrected chi connectivity index (χ2v) is 5.18. The van der Waals surface area contributed by atoms with E-state index in [-0.39, 0.29) is 6.17 Å². The first kappa shape index (κ1) is 10.9. The van der Waals surface area contributed by atoms with Crippen LogP contribution in [0.1, 0.15) is 24.8 Å². The van der Waals surface area contributed by atoms with Crippen LogP contribution in [0.25, 0.3) is 11.4 Å². The topological polar surface area (TPSA) is 56.7 Å². The van der Waals surface area contributed by atoms with Gasteiger partial charge in [0.05, 0.1) is 0 Å². The minimum atomic E-state index is -0.0212. The zero-order valence-corrected chi connectivity index (χ0v) is 10.9. The molecule has 17 heavy (non-hydrogen) atoms. The van der Waals surface area contributed by atoms with Crippen LogP contribution in [0.15, 0.2) is 28.7 Å². The molecule has 0 saturated carbocycles. The van der Waals surface area contributed by atoms with Crippen molar-refractivity contribution in [2.75, 3.05) is 0 Å². The van der Waals surface area contributed by atoms with Crippen LogP contribution in [0.4, 0.5) is 0 Å². The number of hydrogen-bond donors (Lipinski definition) is 1. The summed E-state index contributed by atoms with van der Waals surface area (Å²) in [6.45, 7) is 0. The molecule has 1 aromatic heterocycles. The highest BCUT2D eigenvalue weighted by molar-refractivity contribution is 9.10. The second-order valence-electron chi connectivity index (χ2n) is 4.27. The molecule has 0 spiro atoms. The summed E-state index contributed by atoms with van der Waals surface area (Å²) in [5, 5.41) is 4.50. The molecule has 1 aromatic carbocycles. The Labute approximate surface area is 108 Å². The van der Waals surface area contributed by atoms with Crippen molar-refractivity contribution < 1.29 is 0 Å². The third kappa shape index (κ3) is 2.00. The Morgan fingerprint density at radius 2 is 2.29 bits per heavy atom. The van der Waals surface area contributed by atoms with Crippen molar-refractivity contribution in [2.45, 2.75) is 25.4 Å². The van der Waals surface area contributed by atoms with Gasteiger partial charge in [-0.25, -0.2) is 9.67 Å². The smallest absolute Gasteiger partial charge is 0.181 e. The fourth-order valence-corrected chi connectivity index (χ4v) is 2.53. The van der Waals surface area contributed by atoms with Crippen LogP contribution in [0, 0.1) is 0 Å². The number of aromatic nitrogens is 3. The zero-order chi connectivity index (χ0) is 11.8. The average Bonchev–Trinajstić information content (AvgIpc) is 2.74. The molecule has 2 heterocycles. The van der Waals surface area contributed by atoms with Gasteiger partial charge in [0.1, 0.15) is 12.0 Å². The van der Waals surface area contributed by atoms with Gasteiger partial charge in [-0.3, -0.25) is 0 Å². The van der Waals surface area contributed by atoms with Gasteiger partial charge in [-0.1, -0.05) is 28.1 Å². The standard InChI is InChI=1S/C12H13BrN4/c13-9-4-1-3-8(7-9)12-15-11-6-2-5-10(14)17(11)16-12/h1,3-4,7,10H,2,5-6,14H2. The van der Waals surface area contributed by atoms with Crippen LogP contribution in [0.2, 0.25) is 0 Å². The number of rotatable bonds is 1. The predicted octanol–water partition coefficient (Wildman–Crippen LogP) is 2.50.